The molecule has 1 aliphatic rings. The third-order valence-corrected chi connectivity index (χ3v) is 2.81. The predicted molar refractivity (Wildman–Crippen MR) is 56.4 cm³/mol. The van der Waals surface area contributed by atoms with Gasteiger partial charge < -0.3 is 10.0 Å². The zero-order valence-electron chi connectivity index (χ0n) is 9.03. The highest BCUT2D eigenvalue weighted by Crippen LogP contribution is 2.26. The van der Waals surface area contributed by atoms with Crippen LogP contribution in [-0.2, 0) is 7.05 Å². The van der Waals surface area contributed by atoms with Gasteiger partial charge in [0.1, 0.15) is 11.4 Å². The van der Waals surface area contributed by atoms with Crippen molar-refractivity contribution in [3.8, 4) is 0 Å². The maximum absolute atomic E-state index is 11.1. The Morgan fingerprint density at radius 2 is 2.00 bits per heavy atom. The van der Waals surface area contributed by atoms with Crippen LogP contribution in [0.25, 0.3) is 0 Å². The summed E-state index contributed by atoms with van der Waals surface area (Å²) in [7, 11) is 1.80. The maximum atomic E-state index is 11.1. The molecule has 15 heavy (non-hydrogen) atoms. The molecule has 1 aliphatic heterocycles. The van der Waals surface area contributed by atoms with Gasteiger partial charge in [0.2, 0.25) is 0 Å². The number of carboxylic acids is 1. The SMILES string of the molecule is Cc1nn(C)c(N2CCCC2)c1C(=O)O. The standard InChI is InChI=1S/C10H15N3O2/c1-7-8(10(14)15)9(12(2)11-7)13-5-3-4-6-13/h3-6H2,1-2H3,(H,14,15). The Kier molecular flexibility index (Phi) is 2.38. The van der Waals surface area contributed by atoms with E-state index in [1.165, 1.54) is 0 Å². The molecular formula is C10H15N3O2. The van der Waals surface area contributed by atoms with Crippen LogP contribution >= 0.6 is 0 Å². The highest BCUT2D eigenvalue weighted by molar-refractivity contribution is 5.94. The minimum absolute atomic E-state index is 0.347. The van der Waals surface area contributed by atoms with Gasteiger partial charge >= 0.3 is 5.97 Å². The number of hydrogen-bond acceptors (Lipinski definition) is 3. The van der Waals surface area contributed by atoms with Crippen LogP contribution in [0.2, 0.25) is 0 Å². The molecule has 1 saturated heterocycles. The first kappa shape index (κ1) is 10.0. The predicted octanol–water partition coefficient (Wildman–Crippen LogP) is 1.03. The van der Waals surface area contributed by atoms with Crippen molar-refractivity contribution >= 4 is 11.8 Å². The van der Waals surface area contributed by atoms with Crippen molar-refractivity contribution < 1.29 is 9.90 Å². The van der Waals surface area contributed by atoms with Crippen molar-refractivity contribution in [3.63, 3.8) is 0 Å². The topological polar surface area (TPSA) is 58.4 Å². The number of anilines is 1. The summed E-state index contributed by atoms with van der Waals surface area (Å²) in [5.41, 5.74) is 0.936. The molecule has 5 nitrogen and oxygen atoms in total. The van der Waals surface area contributed by atoms with Gasteiger partial charge in [0, 0.05) is 20.1 Å². The first-order valence-corrected chi connectivity index (χ1v) is 5.13. The monoisotopic (exact) mass is 209 g/mol. The number of aromatic nitrogens is 2. The molecule has 82 valence electrons. The van der Waals surface area contributed by atoms with Gasteiger partial charge in [-0.25, -0.2) is 4.79 Å². The van der Waals surface area contributed by atoms with Crippen LogP contribution in [0.1, 0.15) is 28.9 Å². The Morgan fingerprint density at radius 1 is 1.40 bits per heavy atom. The smallest absolute Gasteiger partial charge is 0.341 e. The molecule has 0 unspecified atom stereocenters. The number of rotatable bonds is 2. The third-order valence-electron chi connectivity index (χ3n) is 2.81. The number of nitrogens with zero attached hydrogens (tertiary/aromatic N) is 3. The van der Waals surface area contributed by atoms with E-state index in [4.69, 9.17) is 5.11 Å². The van der Waals surface area contributed by atoms with Gasteiger partial charge in [-0.15, -0.1) is 0 Å². The number of aryl methyl sites for hydroxylation is 2. The minimum Gasteiger partial charge on any atom is -0.477 e. The van der Waals surface area contributed by atoms with E-state index in [0.29, 0.717) is 11.3 Å². The molecule has 0 saturated carbocycles. The lowest BCUT2D eigenvalue weighted by atomic mass is 10.2. The van der Waals surface area contributed by atoms with Gasteiger partial charge in [0.25, 0.3) is 0 Å². The fourth-order valence-corrected chi connectivity index (χ4v) is 2.19. The molecule has 2 heterocycles. The Morgan fingerprint density at radius 3 is 2.53 bits per heavy atom. The van der Waals surface area contributed by atoms with E-state index < -0.39 is 5.97 Å². The summed E-state index contributed by atoms with van der Waals surface area (Å²) >= 11 is 0. The molecule has 1 N–H and O–H groups in total. The molecule has 0 aromatic carbocycles. The number of carboxylic acid groups (broad SMARTS) is 1. The van der Waals surface area contributed by atoms with Crippen LogP contribution in [0.3, 0.4) is 0 Å². The number of hydrogen-bond donors (Lipinski definition) is 1. The summed E-state index contributed by atoms with van der Waals surface area (Å²) in [5, 5.41) is 13.3. The van der Waals surface area contributed by atoms with E-state index in [-0.39, 0.29) is 0 Å². The van der Waals surface area contributed by atoms with Crippen molar-refractivity contribution in [2.24, 2.45) is 7.05 Å². The highest BCUT2D eigenvalue weighted by Gasteiger charge is 2.25. The van der Waals surface area contributed by atoms with Gasteiger partial charge in [-0.1, -0.05) is 0 Å². The molecule has 0 amide bonds. The molecule has 5 heteroatoms. The second-order valence-electron chi connectivity index (χ2n) is 3.91. The van der Waals surface area contributed by atoms with E-state index in [0.717, 1.165) is 31.7 Å². The summed E-state index contributed by atoms with van der Waals surface area (Å²) in [4.78, 5) is 13.2. The van der Waals surface area contributed by atoms with Gasteiger partial charge in [-0.3, -0.25) is 4.68 Å². The normalized spacial score (nSPS) is 16.0. The van der Waals surface area contributed by atoms with Crippen molar-refractivity contribution in [1.29, 1.82) is 0 Å². The van der Waals surface area contributed by atoms with Crippen LogP contribution < -0.4 is 4.90 Å². The molecule has 0 spiro atoms. The van der Waals surface area contributed by atoms with Crippen molar-refractivity contribution in [2.75, 3.05) is 18.0 Å². The summed E-state index contributed by atoms with van der Waals surface area (Å²) in [6, 6.07) is 0. The average molecular weight is 209 g/mol. The summed E-state index contributed by atoms with van der Waals surface area (Å²) < 4.78 is 1.67. The Bertz CT molecular complexity index is 392. The first-order chi connectivity index (χ1) is 7.11. The van der Waals surface area contributed by atoms with E-state index in [2.05, 4.69) is 10.00 Å². The zero-order valence-corrected chi connectivity index (χ0v) is 9.03. The molecule has 1 fully saturated rings. The third kappa shape index (κ3) is 1.58. The summed E-state index contributed by atoms with van der Waals surface area (Å²) in [5.74, 6) is -0.139. The molecule has 2 rings (SSSR count). The molecule has 1 aromatic rings. The van der Waals surface area contributed by atoms with Crippen molar-refractivity contribution in [1.82, 2.24) is 9.78 Å². The molecule has 0 aliphatic carbocycles. The second-order valence-corrected chi connectivity index (χ2v) is 3.91. The Hall–Kier alpha value is -1.52. The van der Waals surface area contributed by atoms with Crippen LogP contribution in [0.15, 0.2) is 0 Å². The lowest BCUT2D eigenvalue weighted by Gasteiger charge is -2.18. The quantitative estimate of drug-likeness (QED) is 0.790. The Labute approximate surface area is 88.3 Å². The number of carbonyl (C=O) groups is 1. The van der Waals surface area contributed by atoms with Crippen LogP contribution in [0, 0.1) is 6.92 Å². The minimum atomic E-state index is -0.887. The largest absolute Gasteiger partial charge is 0.477 e. The molecule has 0 atom stereocenters. The maximum Gasteiger partial charge on any atom is 0.341 e. The fourth-order valence-electron chi connectivity index (χ4n) is 2.19. The van der Waals surface area contributed by atoms with Crippen LogP contribution in [0.4, 0.5) is 5.82 Å². The molecule has 0 bridgehead atoms. The van der Waals surface area contributed by atoms with E-state index in [9.17, 15) is 4.79 Å². The van der Waals surface area contributed by atoms with Gasteiger partial charge in [0.15, 0.2) is 0 Å². The van der Waals surface area contributed by atoms with Crippen LogP contribution in [0.5, 0.6) is 0 Å². The molecule has 0 radical (unpaired) electrons. The number of aromatic carboxylic acids is 1. The van der Waals surface area contributed by atoms with E-state index >= 15 is 0 Å². The van der Waals surface area contributed by atoms with Crippen LogP contribution in [-0.4, -0.2) is 33.9 Å². The van der Waals surface area contributed by atoms with Crippen molar-refractivity contribution in [2.45, 2.75) is 19.8 Å². The van der Waals surface area contributed by atoms with E-state index in [1.807, 2.05) is 0 Å². The Balaban J connectivity index is 2.47. The zero-order chi connectivity index (χ0) is 11.0. The first-order valence-electron chi connectivity index (χ1n) is 5.13. The van der Waals surface area contributed by atoms with Crippen molar-refractivity contribution in [3.05, 3.63) is 11.3 Å². The fraction of sp³-hybridized carbons (Fsp3) is 0.600. The molecular weight excluding hydrogens is 194 g/mol. The lowest BCUT2D eigenvalue weighted by molar-refractivity contribution is 0.0697. The lowest BCUT2D eigenvalue weighted by Crippen LogP contribution is -2.23. The summed E-state index contributed by atoms with van der Waals surface area (Å²) in [6.45, 7) is 3.60. The highest BCUT2D eigenvalue weighted by atomic mass is 16.4. The summed E-state index contributed by atoms with van der Waals surface area (Å²) in [6.07, 6.45) is 2.26. The van der Waals surface area contributed by atoms with Gasteiger partial charge in [-0.05, 0) is 19.8 Å². The second kappa shape index (κ2) is 3.56. The average Bonchev–Trinajstić information content (AvgIpc) is 2.71. The van der Waals surface area contributed by atoms with Gasteiger partial charge in [0.05, 0.1) is 5.69 Å². The van der Waals surface area contributed by atoms with Gasteiger partial charge in [-0.2, -0.15) is 5.10 Å². The molecule has 1 aromatic heterocycles. The van der Waals surface area contributed by atoms with E-state index in [1.54, 1.807) is 18.7 Å².